The molecule has 0 aliphatic heterocycles. The van der Waals surface area contributed by atoms with Crippen LogP contribution in [0.3, 0.4) is 0 Å². The second-order valence-corrected chi connectivity index (χ2v) is 3.89. The lowest BCUT2D eigenvalue weighted by Crippen LogP contribution is -2.34. The lowest BCUT2D eigenvalue weighted by molar-refractivity contribution is -0.119. The maximum absolute atomic E-state index is 10.6. The van der Waals surface area contributed by atoms with Gasteiger partial charge in [-0.25, -0.2) is 0 Å². The lowest BCUT2D eigenvalue weighted by atomic mass is 10.1. The van der Waals surface area contributed by atoms with Gasteiger partial charge < -0.3 is 15.5 Å². The number of carbonyl (C=O) groups excluding carboxylic acids is 1. The second kappa shape index (κ2) is 5.29. The molecule has 1 heterocycles. The van der Waals surface area contributed by atoms with Gasteiger partial charge in [-0.2, -0.15) is 5.10 Å². The summed E-state index contributed by atoms with van der Waals surface area (Å²) in [5, 5.41) is 25.9. The molecule has 2 atom stereocenters. The molecule has 0 aliphatic carbocycles. The normalized spacial score (nSPS) is 14.6. The van der Waals surface area contributed by atoms with Gasteiger partial charge in [0.2, 0.25) is 5.91 Å². The third kappa shape index (κ3) is 3.19. The molecule has 2 unspecified atom stereocenters. The van der Waals surface area contributed by atoms with Crippen LogP contribution in [0.5, 0.6) is 0 Å². The Kier molecular flexibility index (Phi) is 4.28. The van der Waals surface area contributed by atoms with Crippen LogP contribution in [0.15, 0.2) is 6.20 Å². The monoisotopic (exact) mass is 247 g/mol. The van der Waals surface area contributed by atoms with Crippen molar-refractivity contribution in [2.45, 2.75) is 19.1 Å². The number of nitrogens with zero attached hydrogens (tertiary/aromatic N) is 2. The van der Waals surface area contributed by atoms with Gasteiger partial charge in [-0.1, -0.05) is 11.6 Å². The average molecular weight is 248 g/mol. The van der Waals surface area contributed by atoms with Crippen molar-refractivity contribution in [3.63, 3.8) is 0 Å². The molecule has 0 fully saturated rings. The summed E-state index contributed by atoms with van der Waals surface area (Å²) in [5.41, 5.74) is 0.196. The molecule has 90 valence electrons. The molecule has 0 spiro atoms. The van der Waals surface area contributed by atoms with Gasteiger partial charge in [0.1, 0.15) is 17.9 Å². The molecule has 1 rings (SSSR count). The van der Waals surface area contributed by atoms with Gasteiger partial charge in [-0.15, -0.1) is 0 Å². The molecule has 0 aromatic carbocycles. The van der Waals surface area contributed by atoms with Crippen LogP contribution in [0.25, 0.3) is 0 Å². The Hall–Kier alpha value is -1.11. The summed E-state index contributed by atoms with van der Waals surface area (Å²) < 4.78 is 1.44. The van der Waals surface area contributed by atoms with Crippen molar-refractivity contribution in [3.8, 4) is 0 Å². The summed E-state index contributed by atoms with van der Waals surface area (Å²) in [6.07, 6.45) is -0.845. The zero-order valence-electron chi connectivity index (χ0n) is 9.01. The van der Waals surface area contributed by atoms with Crippen LogP contribution in [0.1, 0.15) is 18.7 Å². The van der Waals surface area contributed by atoms with E-state index in [1.165, 1.54) is 17.8 Å². The summed E-state index contributed by atoms with van der Waals surface area (Å²) in [4.78, 5) is 10.6. The number of hydrogen-bond acceptors (Lipinski definition) is 4. The van der Waals surface area contributed by atoms with Crippen LogP contribution in [-0.4, -0.2) is 38.5 Å². The fourth-order valence-electron chi connectivity index (χ4n) is 1.22. The highest BCUT2D eigenvalue weighted by Gasteiger charge is 2.23. The second-order valence-electron chi connectivity index (χ2n) is 3.49. The van der Waals surface area contributed by atoms with E-state index in [0.29, 0.717) is 0 Å². The predicted molar refractivity (Wildman–Crippen MR) is 57.9 cm³/mol. The van der Waals surface area contributed by atoms with Crippen molar-refractivity contribution in [2.24, 2.45) is 7.05 Å². The van der Waals surface area contributed by atoms with Crippen LogP contribution in [0, 0.1) is 0 Å². The third-order valence-corrected chi connectivity index (χ3v) is 2.31. The van der Waals surface area contributed by atoms with Crippen molar-refractivity contribution in [1.29, 1.82) is 0 Å². The minimum Gasteiger partial charge on any atom is -0.388 e. The molecule has 0 saturated heterocycles. The summed E-state index contributed by atoms with van der Waals surface area (Å²) in [5.74, 6) is -0.279. The topological polar surface area (TPSA) is 87.4 Å². The Labute approximate surface area is 97.8 Å². The number of aliphatic hydroxyl groups is 2. The Morgan fingerprint density at radius 1 is 1.69 bits per heavy atom. The third-order valence-electron chi connectivity index (χ3n) is 2.02. The first-order valence-electron chi connectivity index (χ1n) is 4.71. The maximum Gasteiger partial charge on any atom is 0.216 e. The van der Waals surface area contributed by atoms with E-state index in [4.69, 9.17) is 11.6 Å². The van der Waals surface area contributed by atoms with Crippen LogP contribution in [0.2, 0.25) is 5.02 Å². The van der Waals surface area contributed by atoms with E-state index in [0.717, 1.165) is 0 Å². The molecule has 6 nitrogen and oxygen atoms in total. The quantitative estimate of drug-likeness (QED) is 0.676. The number of aromatic nitrogens is 2. The van der Waals surface area contributed by atoms with Crippen molar-refractivity contribution in [3.05, 3.63) is 16.9 Å². The molecular weight excluding hydrogens is 234 g/mol. The minimum absolute atomic E-state index is 0.0522. The van der Waals surface area contributed by atoms with Crippen molar-refractivity contribution in [1.82, 2.24) is 15.1 Å². The van der Waals surface area contributed by atoms with Crippen molar-refractivity contribution in [2.75, 3.05) is 6.54 Å². The minimum atomic E-state index is -1.22. The maximum atomic E-state index is 10.6. The number of aliphatic hydroxyl groups excluding tert-OH is 2. The van der Waals surface area contributed by atoms with E-state index in [9.17, 15) is 15.0 Å². The zero-order chi connectivity index (χ0) is 12.3. The first kappa shape index (κ1) is 13.0. The SMILES string of the molecule is CC(=O)NCC(O)C(O)c1nn(C)cc1Cl. The fraction of sp³-hybridized carbons (Fsp3) is 0.556. The summed E-state index contributed by atoms with van der Waals surface area (Å²) in [6, 6.07) is 0. The van der Waals surface area contributed by atoms with E-state index >= 15 is 0 Å². The van der Waals surface area contributed by atoms with Gasteiger partial charge in [0.15, 0.2) is 0 Å². The van der Waals surface area contributed by atoms with Gasteiger partial charge in [0, 0.05) is 26.7 Å². The van der Waals surface area contributed by atoms with Gasteiger partial charge in [0.25, 0.3) is 0 Å². The van der Waals surface area contributed by atoms with Crippen LogP contribution in [-0.2, 0) is 11.8 Å². The highest BCUT2D eigenvalue weighted by atomic mass is 35.5. The van der Waals surface area contributed by atoms with Gasteiger partial charge >= 0.3 is 0 Å². The van der Waals surface area contributed by atoms with E-state index in [1.807, 2.05) is 0 Å². The number of nitrogens with one attached hydrogen (secondary N) is 1. The van der Waals surface area contributed by atoms with E-state index < -0.39 is 12.2 Å². The molecule has 0 radical (unpaired) electrons. The van der Waals surface area contributed by atoms with E-state index in [-0.39, 0.29) is 23.2 Å². The zero-order valence-corrected chi connectivity index (χ0v) is 9.77. The number of carbonyl (C=O) groups is 1. The number of halogens is 1. The van der Waals surface area contributed by atoms with Gasteiger partial charge in [0.05, 0.1) is 5.02 Å². The van der Waals surface area contributed by atoms with Crippen LogP contribution >= 0.6 is 11.6 Å². The summed E-state index contributed by atoms with van der Waals surface area (Å²) >= 11 is 5.80. The first-order chi connectivity index (χ1) is 7.41. The molecule has 16 heavy (non-hydrogen) atoms. The average Bonchev–Trinajstić information content (AvgIpc) is 2.53. The standard InChI is InChI=1S/C9H14ClN3O3/c1-5(14)11-3-7(15)9(16)8-6(10)4-13(2)12-8/h4,7,9,15-16H,3H2,1-2H3,(H,11,14). The number of aryl methyl sites for hydroxylation is 1. The Bertz CT molecular complexity index is 380. The van der Waals surface area contributed by atoms with Gasteiger partial charge in [-0.3, -0.25) is 9.48 Å². The number of amides is 1. The Morgan fingerprint density at radius 2 is 2.31 bits per heavy atom. The van der Waals surface area contributed by atoms with Crippen molar-refractivity contribution < 1.29 is 15.0 Å². The molecule has 3 N–H and O–H groups in total. The molecule has 1 aromatic rings. The van der Waals surface area contributed by atoms with E-state index in [1.54, 1.807) is 7.05 Å². The van der Waals surface area contributed by atoms with Gasteiger partial charge in [-0.05, 0) is 0 Å². The molecule has 1 aromatic heterocycles. The van der Waals surface area contributed by atoms with Crippen molar-refractivity contribution >= 4 is 17.5 Å². The fourth-order valence-corrected chi connectivity index (χ4v) is 1.51. The molecule has 0 bridgehead atoms. The molecular formula is C9H14ClN3O3. The first-order valence-corrected chi connectivity index (χ1v) is 5.09. The number of rotatable bonds is 4. The molecule has 7 heteroatoms. The largest absolute Gasteiger partial charge is 0.388 e. The smallest absolute Gasteiger partial charge is 0.216 e. The van der Waals surface area contributed by atoms with Crippen LogP contribution in [0.4, 0.5) is 0 Å². The highest BCUT2D eigenvalue weighted by Crippen LogP contribution is 2.23. The Balaban J connectivity index is 2.66. The Morgan fingerprint density at radius 3 is 2.75 bits per heavy atom. The lowest BCUT2D eigenvalue weighted by Gasteiger charge is -2.16. The molecule has 0 saturated carbocycles. The summed E-state index contributed by atoms with van der Waals surface area (Å²) in [7, 11) is 1.66. The predicted octanol–water partition coefficient (Wildman–Crippen LogP) is -0.396. The molecule has 0 aliphatic rings. The molecule has 1 amide bonds. The van der Waals surface area contributed by atoms with Crippen LogP contribution < -0.4 is 5.32 Å². The highest BCUT2D eigenvalue weighted by molar-refractivity contribution is 6.31. The van der Waals surface area contributed by atoms with E-state index in [2.05, 4.69) is 10.4 Å². The number of hydrogen-bond donors (Lipinski definition) is 3. The summed E-state index contributed by atoms with van der Waals surface area (Å²) in [6.45, 7) is 1.27.